The first-order chi connectivity index (χ1) is 10.4. The monoisotopic (exact) mass is 323 g/mol. The molecule has 2 aliphatic heterocycles. The zero-order valence-electron chi connectivity index (χ0n) is 12.3. The second-order valence-corrected chi connectivity index (χ2v) is 7.24. The Hall–Kier alpha value is -1.70. The predicted molar refractivity (Wildman–Crippen MR) is 78.4 cm³/mol. The molecule has 0 N–H and O–H groups in total. The number of hydrogen-bond donors (Lipinski definition) is 0. The second kappa shape index (κ2) is 5.49. The molecule has 1 saturated heterocycles. The van der Waals surface area contributed by atoms with E-state index in [9.17, 15) is 13.2 Å². The predicted octanol–water partition coefficient (Wildman–Crippen LogP) is 1.21. The smallest absolute Gasteiger partial charge is 0.303 e. The number of sulfonamides is 1. The van der Waals surface area contributed by atoms with Gasteiger partial charge in [0, 0.05) is 6.92 Å². The van der Waals surface area contributed by atoms with E-state index in [0.29, 0.717) is 0 Å². The van der Waals surface area contributed by atoms with Gasteiger partial charge in [0.1, 0.15) is 12.3 Å². The number of benzene rings is 1. The number of carbonyl (C=O) groups excluding carboxylic acids is 1. The summed E-state index contributed by atoms with van der Waals surface area (Å²) in [4.78, 5) is 11.4. The quantitative estimate of drug-likeness (QED) is 0.617. The summed E-state index contributed by atoms with van der Waals surface area (Å²) in [6, 6.07) is 6.11. The minimum Gasteiger partial charge on any atom is -0.456 e. The minimum absolute atomic E-state index is 0.195. The highest BCUT2D eigenvalue weighted by Crippen LogP contribution is 2.33. The fourth-order valence-corrected chi connectivity index (χ4v) is 4.37. The van der Waals surface area contributed by atoms with Crippen LogP contribution in [0.1, 0.15) is 12.5 Å². The summed E-state index contributed by atoms with van der Waals surface area (Å²) in [7, 11) is -3.72. The molecule has 0 spiro atoms. The maximum atomic E-state index is 12.9. The van der Waals surface area contributed by atoms with Gasteiger partial charge in [0.15, 0.2) is 0 Å². The lowest BCUT2D eigenvalue weighted by Crippen LogP contribution is -2.50. The highest BCUT2D eigenvalue weighted by Gasteiger charge is 2.48. The van der Waals surface area contributed by atoms with Crippen molar-refractivity contribution in [2.45, 2.75) is 37.1 Å². The van der Waals surface area contributed by atoms with Gasteiger partial charge in [0.25, 0.3) is 0 Å². The number of carbonyl (C=O) groups is 1. The van der Waals surface area contributed by atoms with Crippen molar-refractivity contribution >= 4 is 16.0 Å². The van der Waals surface area contributed by atoms with E-state index in [2.05, 4.69) is 0 Å². The molecule has 2 heterocycles. The standard InChI is InChI=1S/C15H17NO5S/c1-10-3-5-12(6-4-10)22(18,19)16-13-9-20-15(16)8-7-14(13)21-11(2)17/h3-8,13-15H,9H2,1-2H3/t13-,14-,15+/m1/s1. The Kier molecular flexibility index (Phi) is 3.80. The first-order valence-electron chi connectivity index (χ1n) is 6.97. The third-order valence-electron chi connectivity index (χ3n) is 3.76. The van der Waals surface area contributed by atoms with Crippen molar-refractivity contribution < 1.29 is 22.7 Å². The van der Waals surface area contributed by atoms with Crippen LogP contribution in [0, 0.1) is 6.92 Å². The molecule has 3 rings (SSSR count). The number of fused-ring (bicyclic) bond motifs is 2. The van der Waals surface area contributed by atoms with E-state index in [4.69, 9.17) is 9.47 Å². The largest absolute Gasteiger partial charge is 0.456 e. The lowest BCUT2D eigenvalue weighted by atomic mass is 10.1. The van der Waals surface area contributed by atoms with Gasteiger partial charge in [0.05, 0.1) is 17.5 Å². The van der Waals surface area contributed by atoms with Gasteiger partial charge in [-0.25, -0.2) is 8.42 Å². The summed E-state index contributed by atoms with van der Waals surface area (Å²) in [6.45, 7) is 3.39. The molecule has 6 nitrogen and oxygen atoms in total. The maximum Gasteiger partial charge on any atom is 0.303 e. The van der Waals surface area contributed by atoms with Crippen LogP contribution in [0.25, 0.3) is 0 Å². The molecule has 7 heteroatoms. The SMILES string of the molecule is CC(=O)O[C@@H]1C=C[C@@H]2OC[C@H]1N2S(=O)(=O)c1ccc(C)cc1. The van der Waals surface area contributed by atoms with Gasteiger partial charge >= 0.3 is 5.97 Å². The lowest BCUT2D eigenvalue weighted by Gasteiger charge is -2.32. The van der Waals surface area contributed by atoms with Crippen LogP contribution in [-0.4, -0.2) is 43.7 Å². The molecule has 3 atom stereocenters. The number of ether oxygens (including phenoxy) is 2. The van der Waals surface area contributed by atoms with Gasteiger partial charge in [0.2, 0.25) is 10.0 Å². The molecule has 1 aromatic carbocycles. The Morgan fingerprint density at radius 2 is 1.95 bits per heavy atom. The summed E-state index contributed by atoms with van der Waals surface area (Å²) in [6.07, 6.45) is 2.02. The average Bonchev–Trinajstić information content (AvgIpc) is 2.79. The van der Waals surface area contributed by atoms with Crippen LogP contribution in [0.4, 0.5) is 0 Å². The van der Waals surface area contributed by atoms with Crippen molar-refractivity contribution in [3.05, 3.63) is 42.0 Å². The van der Waals surface area contributed by atoms with Crippen LogP contribution in [-0.2, 0) is 24.3 Å². The molecular weight excluding hydrogens is 306 g/mol. The first-order valence-corrected chi connectivity index (χ1v) is 8.41. The number of nitrogens with zero attached hydrogens (tertiary/aromatic N) is 1. The molecule has 0 aliphatic carbocycles. The van der Waals surface area contributed by atoms with Crippen LogP contribution in [0.15, 0.2) is 41.3 Å². The van der Waals surface area contributed by atoms with Crippen molar-refractivity contribution in [1.82, 2.24) is 4.31 Å². The normalized spacial score (nSPS) is 27.8. The van der Waals surface area contributed by atoms with Crippen molar-refractivity contribution in [3.8, 4) is 0 Å². The van der Waals surface area contributed by atoms with Crippen LogP contribution in [0.2, 0.25) is 0 Å². The van der Waals surface area contributed by atoms with Gasteiger partial charge in [-0.3, -0.25) is 4.79 Å². The fourth-order valence-electron chi connectivity index (χ4n) is 2.70. The van der Waals surface area contributed by atoms with Gasteiger partial charge in [-0.15, -0.1) is 0 Å². The molecule has 0 radical (unpaired) electrons. The van der Waals surface area contributed by atoms with E-state index in [1.165, 1.54) is 11.2 Å². The summed E-state index contributed by atoms with van der Waals surface area (Å²) in [5, 5.41) is 0. The number of rotatable bonds is 3. The first kappa shape index (κ1) is 15.2. The van der Waals surface area contributed by atoms with E-state index in [-0.39, 0.29) is 11.5 Å². The van der Waals surface area contributed by atoms with Crippen molar-refractivity contribution in [3.63, 3.8) is 0 Å². The third-order valence-corrected chi connectivity index (χ3v) is 5.66. The fraction of sp³-hybridized carbons (Fsp3) is 0.400. The highest BCUT2D eigenvalue weighted by molar-refractivity contribution is 7.89. The Labute approximate surface area is 129 Å². The lowest BCUT2D eigenvalue weighted by molar-refractivity contribution is -0.146. The molecule has 1 fully saturated rings. The second-order valence-electron chi connectivity index (χ2n) is 5.40. The Morgan fingerprint density at radius 1 is 1.27 bits per heavy atom. The zero-order chi connectivity index (χ0) is 15.9. The van der Waals surface area contributed by atoms with Crippen LogP contribution >= 0.6 is 0 Å². The van der Waals surface area contributed by atoms with Crippen LogP contribution in [0.3, 0.4) is 0 Å². The zero-order valence-corrected chi connectivity index (χ0v) is 13.1. The molecule has 2 bridgehead atoms. The molecule has 0 saturated carbocycles. The van der Waals surface area contributed by atoms with Gasteiger partial charge in [-0.05, 0) is 31.2 Å². The minimum atomic E-state index is -3.72. The average molecular weight is 323 g/mol. The van der Waals surface area contributed by atoms with Crippen LogP contribution < -0.4 is 0 Å². The van der Waals surface area contributed by atoms with E-state index in [1.807, 2.05) is 6.92 Å². The molecule has 22 heavy (non-hydrogen) atoms. The Morgan fingerprint density at radius 3 is 2.59 bits per heavy atom. The molecule has 0 unspecified atom stereocenters. The molecular formula is C15H17NO5S. The van der Waals surface area contributed by atoms with Crippen molar-refractivity contribution in [2.24, 2.45) is 0 Å². The van der Waals surface area contributed by atoms with E-state index < -0.39 is 34.4 Å². The summed E-state index contributed by atoms with van der Waals surface area (Å²) >= 11 is 0. The van der Waals surface area contributed by atoms with Gasteiger partial charge in [-0.1, -0.05) is 17.7 Å². The molecule has 0 amide bonds. The summed E-state index contributed by atoms with van der Waals surface area (Å²) in [5.41, 5.74) is 0.981. The Balaban J connectivity index is 1.95. The van der Waals surface area contributed by atoms with E-state index in [1.54, 1.807) is 36.4 Å². The topological polar surface area (TPSA) is 72.9 Å². The van der Waals surface area contributed by atoms with Crippen molar-refractivity contribution in [2.75, 3.05) is 6.61 Å². The number of esters is 1. The molecule has 1 aromatic rings. The summed E-state index contributed by atoms with van der Waals surface area (Å²) < 4.78 is 37.7. The third kappa shape index (κ3) is 2.55. The highest BCUT2D eigenvalue weighted by atomic mass is 32.2. The number of hydrogen-bond acceptors (Lipinski definition) is 5. The molecule has 0 aromatic heterocycles. The number of aryl methyl sites for hydroxylation is 1. The molecule has 2 aliphatic rings. The van der Waals surface area contributed by atoms with Crippen molar-refractivity contribution in [1.29, 1.82) is 0 Å². The molecule has 118 valence electrons. The van der Waals surface area contributed by atoms with E-state index >= 15 is 0 Å². The summed E-state index contributed by atoms with van der Waals surface area (Å²) in [5.74, 6) is -0.451. The van der Waals surface area contributed by atoms with E-state index in [0.717, 1.165) is 5.56 Å². The van der Waals surface area contributed by atoms with Gasteiger partial charge in [-0.2, -0.15) is 4.31 Å². The van der Waals surface area contributed by atoms with Gasteiger partial charge < -0.3 is 9.47 Å². The maximum absolute atomic E-state index is 12.9. The Bertz CT molecular complexity index is 710. The van der Waals surface area contributed by atoms with Crippen LogP contribution in [0.5, 0.6) is 0 Å².